The highest BCUT2D eigenvalue weighted by Gasteiger charge is 2.34. The van der Waals surface area contributed by atoms with Crippen molar-refractivity contribution in [3.63, 3.8) is 0 Å². The number of alkyl halides is 3. The molecular weight excluding hydrogens is 339 g/mol. The van der Waals surface area contributed by atoms with Crippen molar-refractivity contribution >= 4 is 11.7 Å². The van der Waals surface area contributed by atoms with E-state index < -0.39 is 17.8 Å². The zero-order valence-corrected chi connectivity index (χ0v) is 13.1. The molecule has 25 heavy (non-hydrogen) atoms. The Morgan fingerprint density at radius 3 is 2.88 bits per heavy atom. The van der Waals surface area contributed by atoms with Gasteiger partial charge in [-0.1, -0.05) is 0 Å². The van der Waals surface area contributed by atoms with E-state index in [-0.39, 0.29) is 17.5 Å². The molecule has 1 saturated heterocycles. The van der Waals surface area contributed by atoms with Crippen LogP contribution < -0.4 is 10.6 Å². The summed E-state index contributed by atoms with van der Waals surface area (Å²) in [6.07, 6.45) is -0.548. The Labute approximate surface area is 141 Å². The van der Waals surface area contributed by atoms with Crippen molar-refractivity contribution in [1.29, 1.82) is 0 Å². The SMILES string of the molecule is O=C(NCC1CCCO1)Nc1ccc(-n2cncn2)c(C(F)(F)F)c1. The number of anilines is 1. The van der Waals surface area contributed by atoms with Crippen LogP contribution in [0.1, 0.15) is 18.4 Å². The summed E-state index contributed by atoms with van der Waals surface area (Å²) in [6.45, 7) is 0.974. The minimum Gasteiger partial charge on any atom is -0.376 e. The van der Waals surface area contributed by atoms with E-state index in [1.165, 1.54) is 18.5 Å². The van der Waals surface area contributed by atoms with E-state index in [1.807, 2.05) is 0 Å². The largest absolute Gasteiger partial charge is 0.418 e. The average molecular weight is 355 g/mol. The van der Waals surface area contributed by atoms with Gasteiger partial charge in [0, 0.05) is 18.8 Å². The number of nitrogens with zero attached hydrogens (tertiary/aromatic N) is 3. The molecule has 1 aromatic carbocycles. The van der Waals surface area contributed by atoms with Gasteiger partial charge in [-0.15, -0.1) is 0 Å². The molecule has 1 atom stereocenters. The van der Waals surface area contributed by atoms with E-state index in [4.69, 9.17) is 4.74 Å². The molecule has 7 nitrogen and oxygen atoms in total. The highest BCUT2D eigenvalue weighted by Crippen LogP contribution is 2.35. The lowest BCUT2D eigenvalue weighted by Crippen LogP contribution is -2.35. The van der Waals surface area contributed by atoms with Crippen LogP contribution in [0.5, 0.6) is 0 Å². The molecule has 0 saturated carbocycles. The van der Waals surface area contributed by atoms with Crippen molar-refractivity contribution in [3.05, 3.63) is 36.4 Å². The normalized spacial score (nSPS) is 17.5. The van der Waals surface area contributed by atoms with Gasteiger partial charge in [0.25, 0.3) is 0 Å². The predicted molar refractivity (Wildman–Crippen MR) is 82.4 cm³/mol. The van der Waals surface area contributed by atoms with Gasteiger partial charge in [-0.25, -0.2) is 14.5 Å². The minimum absolute atomic E-state index is 0.0287. The van der Waals surface area contributed by atoms with Crippen molar-refractivity contribution in [1.82, 2.24) is 20.1 Å². The standard InChI is InChI=1S/C15H16F3N5O2/c16-15(17,18)12-6-10(3-4-13(12)23-9-19-8-21-23)22-14(24)20-7-11-2-1-5-25-11/h3-4,6,8-9,11H,1-2,5,7H2,(H2,20,22,24). The maximum Gasteiger partial charge on any atom is 0.418 e. The minimum atomic E-state index is -4.60. The Balaban J connectivity index is 1.72. The number of hydrogen-bond donors (Lipinski definition) is 2. The van der Waals surface area contributed by atoms with Crippen LogP contribution in [0.4, 0.5) is 23.7 Å². The summed E-state index contributed by atoms with van der Waals surface area (Å²) in [5.41, 5.74) is -1.06. The number of aromatic nitrogens is 3. The molecular formula is C15H16F3N5O2. The Bertz CT molecular complexity index is 727. The predicted octanol–water partition coefficient (Wildman–Crippen LogP) is 2.59. The number of nitrogens with one attached hydrogen (secondary N) is 2. The van der Waals surface area contributed by atoms with Crippen LogP contribution in [0.2, 0.25) is 0 Å². The smallest absolute Gasteiger partial charge is 0.376 e. The van der Waals surface area contributed by atoms with E-state index in [1.54, 1.807) is 0 Å². The lowest BCUT2D eigenvalue weighted by Gasteiger charge is -2.15. The molecule has 1 aromatic heterocycles. The van der Waals surface area contributed by atoms with Crippen LogP contribution in [-0.4, -0.2) is 40.1 Å². The number of carbonyl (C=O) groups excluding carboxylic acids is 1. The van der Waals surface area contributed by atoms with Gasteiger partial charge in [-0.2, -0.15) is 18.3 Å². The molecule has 2 aromatic rings. The molecule has 0 bridgehead atoms. The quantitative estimate of drug-likeness (QED) is 0.883. The summed E-state index contributed by atoms with van der Waals surface area (Å²) in [7, 11) is 0. The molecule has 10 heteroatoms. The fourth-order valence-electron chi connectivity index (χ4n) is 2.56. The first kappa shape index (κ1) is 17.2. The molecule has 2 N–H and O–H groups in total. The number of ether oxygens (including phenoxy) is 1. The second-order valence-electron chi connectivity index (χ2n) is 5.54. The molecule has 2 amide bonds. The van der Waals surface area contributed by atoms with E-state index in [0.29, 0.717) is 13.2 Å². The first-order valence-electron chi connectivity index (χ1n) is 7.66. The maximum absolute atomic E-state index is 13.3. The van der Waals surface area contributed by atoms with Crippen LogP contribution in [0.25, 0.3) is 5.69 Å². The van der Waals surface area contributed by atoms with Crippen LogP contribution in [0, 0.1) is 0 Å². The first-order chi connectivity index (χ1) is 11.9. The van der Waals surface area contributed by atoms with Gasteiger partial charge in [0.15, 0.2) is 0 Å². The van der Waals surface area contributed by atoms with Crippen molar-refractivity contribution < 1.29 is 22.7 Å². The number of amides is 2. The van der Waals surface area contributed by atoms with Crippen molar-refractivity contribution in [2.24, 2.45) is 0 Å². The van der Waals surface area contributed by atoms with Gasteiger partial charge >= 0.3 is 12.2 Å². The van der Waals surface area contributed by atoms with Crippen LogP contribution in [0.15, 0.2) is 30.9 Å². The Morgan fingerprint density at radius 2 is 2.24 bits per heavy atom. The molecule has 3 rings (SSSR count). The first-order valence-corrected chi connectivity index (χ1v) is 7.66. The van der Waals surface area contributed by atoms with Gasteiger partial charge in [0.05, 0.1) is 17.4 Å². The number of carbonyl (C=O) groups is 1. The van der Waals surface area contributed by atoms with Gasteiger partial charge in [-0.05, 0) is 31.0 Å². The summed E-state index contributed by atoms with van der Waals surface area (Å²) in [5, 5.41) is 8.71. The van der Waals surface area contributed by atoms with E-state index in [9.17, 15) is 18.0 Å². The molecule has 1 aliphatic rings. The Morgan fingerprint density at radius 1 is 1.40 bits per heavy atom. The topological polar surface area (TPSA) is 81.1 Å². The van der Waals surface area contributed by atoms with Gasteiger partial charge < -0.3 is 15.4 Å². The van der Waals surface area contributed by atoms with Gasteiger partial charge in [0.2, 0.25) is 0 Å². The number of rotatable bonds is 4. The number of benzene rings is 1. The molecule has 1 aliphatic heterocycles. The molecule has 1 fully saturated rings. The van der Waals surface area contributed by atoms with E-state index in [0.717, 1.165) is 29.9 Å². The molecule has 134 valence electrons. The summed E-state index contributed by atoms with van der Waals surface area (Å²) in [5.74, 6) is 0. The Hall–Kier alpha value is -2.62. The molecule has 0 aliphatic carbocycles. The lowest BCUT2D eigenvalue weighted by atomic mass is 10.1. The second kappa shape index (κ2) is 7.09. The second-order valence-corrected chi connectivity index (χ2v) is 5.54. The monoisotopic (exact) mass is 355 g/mol. The zero-order valence-electron chi connectivity index (χ0n) is 13.1. The van der Waals surface area contributed by atoms with Crippen molar-refractivity contribution in [2.45, 2.75) is 25.1 Å². The third-order valence-electron chi connectivity index (χ3n) is 3.74. The molecule has 1 unspecified atom stereocenters. The van der Waals surface area contributed by atoms with Crippen molar-refractivity contribution in [3.8, 4) is 5.69 Å². The highest BCUT2D eigenvalue weighted by atomic mass is 19.4. The average Bonchev–Trinajstić information content (AvgIpc) is 3.26. The van der Waals surface area contributed by atoms with Crippen LogP contribution in [0.3, 0.4) is 0 Å². The number of hydrogen-bond acceptors (Lipinski definition) is 4. The summed E-state index contributed by atoms with van der Waals surface area (Å²) >= 11 is 0. The fraction of sp³-hybridized carbons (Fsp3) is 0.400. The van der Waals surface area contributed by atoms with E-state index >= 15 is 0 Å². The summed E-state index contributed by atoms with van der Waals surface area (Å²) < 4.78 is 46.3. The third-order valence-corrected chi connectivity index (χ3v) is 3.74. The fourth-order valence-corrected chi connectivity index (χ4v) is 2.56. The molecule has 0 radical (unpaired) electrons. The van der Waals surface area contributed by atoms with Crippen molar-refractivity contribution in [2.75, 3.05) is 18.5 Å². The lowest BCUT2D eigenvalue weighted by molar-refractivity contribution is -0.137. The summed E-state index contributed by atoms with van der Waals surface area (Å²) in [6, 6.07) is 2.88. The molecule has 2 heterocycles. The summed E-state index contributed by atoms with van der Waals surface area (Å²) in [4.78, 5) is 15.5. The van der Waals surface area contributed by atoms with Gasteiger partial charge in [-0.3, -0.25) is 0 Å². The Kier molecular flexibility index (Phi) is 4.88. The maximum atomic E-state index is 13.3. The van der Waals surface area contributed by atoms with Crippen LogP contribution >= 0.6 is 0 Å². The zero-order chi connectivity index (χ0) is 17.9. The van der Waals surface area contributed by atoms with Gasteiger partial charge in [0.1, 0.15) is 12.7 Å². The highest BCUT2D eigenvalue weighted by molar-refractivity contribution is 5.89. The van der Waals surface area contributed by atoms with Crippen LogP contribution in [-0.2, 0) is 10.9 Å². The number of halogens is 3. The number of urea groups is 1. The molecule has 0 spiro atoms. The van der Waals surface area contributed by atoms with E-state index in [2.05, 4.69) is 20.7 Å². The third kappa shape index (κ3) is 4.27.